The van der Waals surface area contributed by atoms with Crippen LogP contribution in [-0.2, 0) is 10.0 Å². The molecule has 0 spiro atoms. The van der Waals surface area contributed by atoms with Crippen LogP contribution in [0.3, 0.4) is 0 Å². The Bertz CT molecular complexity index is 874. The van der Waals surface area contributed by atoms with Crippen molar-refractivity contribution in [3.8, 4) is 6.07 Å². The third kappa shape index (κ3) is 3.73. The lowest BCUT2D eigenvalue weighted by atomic mass is 10.1. The molecule has 0 saturated carbocycles. The summed E-state index contributed by atoms with van der Waals surface area (Å²) >= 11 is 11.8. The summed E-state index contributed by atoms with van der Waals surface area (Å²) in [6.07, 6.45) is 0. The molecule has 1 atom stereocenters. The Morgan fingerprint density at radius 1 is 1.12 bits per heavy atom. The largest absolute Gasteiger partial charge is 0.243 e. The molecule has 2 aromatic carbocycles. The van der Waals surface area contributed by atoms with E-state index in [0.717, 1.165) is 5.56 Å². The van der Waals surface area contributed by atoms with E-state index in [0.29, 0.717) is 17.1 Å². The minimum absolute atomic E-state index is 0.0965. The van der Waals surface area contributed by atoms with E-state index in [4.69, 9.17) is 28.5 Å². The van der Waals surface area contributed by atoms with Gasteiger partial charge in [-0.25, -0.2) is 8.42 Å². The van der Waals surface area contributed by atoms with Crippen LogP contribution in [-0.4, -0.2) is 19.3 Å². The van der Waals surface area contributed by atoms with E-state index in [1.54, 1.807) is 38.1 Å². The van der Waals surface area contributed by atoms with Gasteiger partial charge in [0.1, 0.15) is 0 Å². The highest BCUT2D eigenvalue weighted by Gasteiger charge is 2.29. The summed E-state index contributed by atoms with van der Waals surface area (Å²) in [5, 5.41) is 9.37. The number of rotatable bonds is 5. The number of nitriles is 1. The van der Waals surface area contributed by atoms with Crippen LogP contribution in [0.1, 0.15) is 31.0 Å². The van der Waals surface area contributed by atoms with Gasteiger partial charge in [0.05, 0.1) is 26.6 Å². The van der Waals surface area contributed by atoms with Crippen molar-refractivity contribution in [2.45, 2.75) is 24.8 Å². The van der Waals surface area contributed by atoms with Gasteiger partial charge >= 0.3 is 0 Å². The normalized spacial score (nSPS) is 12.8. The summed E-state index contributed by atoms with van der Waals surface area (Å²) in [5.74, 6) is 0. The minimum Gasteiger partial charge on any atom is -0.207 e. The van der Waals surface area contributed by atoms with Crippen LogP contribution in [0.25, 0.3) is 0 Å². The van der Waals surface area contributed by atoms with Gasteiger partial charge < -0.3 is 0 Å². The lowest BCUT2D eigenvalue weighted by Crippen LogP contribution is -2.33. The van der Waals surface area contributed by atoms with Crippen molar-refractivity contribution in [2.24, 2.45) is 0 Å². The smallest absolute Gasteiger partial charge is 0.207 e. The molecular weight excluding hydrogens is 367 g/mol. The van der Waals surface area contributed by atoms with Crippen molar-refractivity contribution >= 4 is 33.2 Å². The number of hydrogen-bond donors (Lipinski definition) is 0. The fourth-order valence-corrected chi connectivity index (χ4v) is 4.45. The maximum absolute atomic E-state index is 12.9. The standard InChI is InChI=1S/C17H16Cl2N2O2S/c1-3-21(12(2)14-6-4-13(11-20)5-7-14)24(22,23)15-8-9-16(18)17(19)10-15/h4-10,12H,3H2,1-2H3. The number of nitrogens with zero attached hydrogens (tertiary/aromatic N) is 2. The van der Waals surface area contributed by atoms with Gasteiger partial charge in [0.25, 0.3) is 0 Å². The molecule has 126 valence electrons. The quantitative estimate of drug-likeness (QED) is 0.756. The van der Waals surface area contributed by atoms with Crippen LogP contribution >= 0.6 is 23.2 Å². The Kier molecular flexibility index (Phi) is 5.89. The molecule has 0 saturated heterocycles. The van der Waals surface area contributed by atoms with Gasteiger partial charge in [-0.3, -0.25) is 0 Å². The monoisotopic (exact) mass is 382 g/mol. The highest BCUT2D eigenvalue weighted by Crippen LogP contribution is 2.30. The molecule has 1 unspecified atom stereocenters. The fourth-order valence-electron chi connectivity index (χ4n) is 2.43. The van der Waals surface area contributed by atoms with Crippen molar-refractivity contribution in [3.05, 3.63) is 63.6 Å². The average molecular weight is 383 g/mol. The zero-order valence-corrected chi connectivity index (χ0v) is 15.5. The molecular formula is C17H16Cl2N2O2S. The zero-order valence-electron chi connectivity index (χ0n) is 13.2. The summed E-state index contributed by atoms with van der Waals surface area (Å²) in [6, 6.07) is 12.8. The topological polar surface area (TPSA) is 61.2 Å². The van der Waals surface area contributed by atoms with Crippen LogP contribution in [0.5, 0.6) is 0 Å². The third-order valence-corrected chi connectivity index (χ3v) is 6.54. The Morgan fingerprint density at radius 2 is 1.75 bits per heavy atom. The fraction of sp³-hybridized carbons (Fsp3) is 0.235. The molecule has 4 nitrogen and oxygen atoms in total. The van der Waals surface area contributed by atoms with Gasteiger partial charge in [0.2, 0.25) is 10.0 Å². The zero-order chi connectivity index (χ0) is 17.9. The highest BCUT2D eigenvalue weighted by molar-refractivity contribution is 7.89. The van der Waals surface area contributed by atoms with Crippen LogP contribution in [0.4, 0.5) is 0 Å². The predicted molar refractivity (Wildman–Crippen MR) is 95.6 cm³/mol. The molecule has 0 radical (unpaired) electrons. The van der Waals surface area contributed by atoms with Crippen molar-refractivity contribution in [1.29, 1.82) is 5.26 Å². The van der Waals surface area contributed by atoms with E-state index < -0.39 is 10.0 Å². The number of benzene rings is 2. The van der Waals surface area contributed by atoms with E-state index in [9.17, 15) is 8.42 Å². The molecule has 0 heterocycles. The predicted octanol–water partition coefficient (Wildman–Crippen LogP) is 4.64. The maximum Gasteiger partial charge on any atom is 0.243 e. The van der Waals surface area contributed by atoms with E-state index >= 15 is 0 Å². The summed E-state index contributed by atoms with van der Waals surface area (Å²) in [4.78, 5) is 0.0965. The van der Waals surface area contributed by atoms with E-state index in [2.05, 4.69) is 0 Å². The average Bonchev–Trinajstić information content (AvgIpc) is 2.57. The Balaban J connectivity index is 2.41. The first-order chi connectivity index (χ1) is 11.3. The first kappa shape index (κ1) is 18.8. The summed E-state index contributed by atoms with van der Waals surface area (Å²) in [6.45, 7) is 3.87. The van der Waals surface area contributed by atoms with E-state index in [-0.39, 0.29) is 16.0 Å². The van der Waals surface area contributed by atoms with Crippen LogP contribution < -0.4 is 0 Å². The molecule has 0 aliphatic carbocycles. The van der Waals surface area contributed by atoms with Gasteiger partial charge in [-0.1, -0.05) is 42.3 Å². The Labute approximate surface area is 152 Å². The van der Waals surface area contributed by atoms with Gasteiger partial charge in [-0.05, 0) is 42.8 Å². The number of hydrogen-bond acceptors (Lipinski definition) is 3. The van der Waals surface area contributed by atoms with Crippen molar-refractivity contribution in [3.63, 3.8) is 0 Å². The molecule has 24 heavy (non-hydrogen) atoms. The van der Waals surface area contributed by atoms with Crippen molar-refractivity contribution in [2.75, 3.05) is 6.54 Å². The molecule has 0 fully saturated rings. The molecule has 0 N–H and O–H groups in total. The Morgan fingerprint density at radius 3 is 2.25 bits per heavy atom. The molecule has 0 aliphatic heterocycles. The molecule has 0 aromatic heterocycles. The van der Waals surface area contributed by atoms with E-state index in [1.165, 1.54) is 22.5 Å². The van der Waals surface area contributed by atoms with Gasteiger partial charge in [-0.15, -0.1) is 0 Å². The van der Waals surface area contributed by atoms with Crippen LogP contribution in [0.15, 0.2) is 47.4 Å². The lowest BCUT2D eigenvalue weighted by Gasteiger charge is -2.27. The molecule has 7 heteroatoms. The second-order valence-electron chi connectivity index (χ2n) is 5.19. The number of sulfonamides is 1. The van der Waals surface area contributed by atoms with E-state index in [1.807, 2.05) is 6.07 Å². The lowest BCUT2D eigenvalue weighted by molar-refractivity contribution is 0.357. The Hall–Kier alpha value is -1.58. The van der Waals surface area contributed by atoms with Crippen molar-refractivity contribution < 1.29 is 8.42 Å². The first-order valence-electron chi connectivity index (χ1n) is 7.28. The third-order valence-electron chi connectivity index (χ3n) is 3.76. The second kappa shape index (κ2) is 7.54. The summed E-state index contributed by atoms with van der Waals surface area (Å²) < 4.78 is 27.3. The van der Waals surface area contributed by atoms with Gasteiger partial charge in [-0.2, -0.15) is 9.57 Å². The van der Waals surface area contributed by atoms with Crippen LogP contribution in [0.2, 0.25) is 10.0 Å². The molecule has 0 amide bonds. The SMILES string of the molecule is CCN(C(C)c1ccc(C#N)cc1)S(=O)(=O)c1ccc(Cl)c(Cl)c1. The highest BCUT2D eigenvalue weighted by atomic mass is 35.5. The molecule has 2 rings (SSSR count). The molecule has 2 aromatic rings. The molecule has 0 aliphatic rings. The van der Waals surface area contributed by atoms with Gasteiger partial charge in [0, 0.05) is 12.6 Å². The second-order valence-corrected chi connectivity index (χ2v) is 7.90. The maximum atomic E-state index is 12.9. The molecule has 0 bridgehead atoms. The van der Waals surface area contributed by atoms with Gasteiger partial charge in [0.15, 0.2) is 0 Å². The summed E-state index contributed by atoms with van der Waals surface area (Å²) in [5.41, 5.74) is 1.33. The first-order valence-corrected chi connectivity index (χ1v) is 9.47. The summed E-state index contributed by atoms with van der Waals surface area (Å²) in [7, 11) is -3.73. The van der Waals surface area contributed by atoms with Crippen LogP contribution in [0, 0.1) is 11.3 Å². The van der Waals surface area contributed by atoms with Crippen molar-refractivity contribution in [1.82, 2.24) is 4.31 Å². The number of halogens is 2. The minimum atomic E-state index is -3.73.